The number of hydrogen-bond donors (Lipinski definition) is 0. The molecule has 154 valence electrons. The van der Waals surface area contributed by atoms with Crippen LogP contribution in [0.25, 0.3) is 22.0 Å². The van der Waals surface area contributed by atoms with Crippen LogP contribution < -0.4 is 4.90 Å². The first kappa shape index (κ1) is 19.7. The molecule has 1 fully saturated rings. The van der Waals surface area contributed by atoms with Gasteiger partial charge in [-0.3, -0.25) is 4.79 Å². The molecule has 1 aliphatic carbocycles. The lowest BCUT2D eigenvalue weighted by Gasteiger charge is -2.37. The monoisotopic (exact) mass is 472 g/mol. The number of aromatic nitrogens is 1. The summed E-state index contributed by atoms with van der Waals surface area (Å²) in [5, 5.41) is 0.997. The number of benzene rings is 2. The molecule has 1 saturated heterocycles. The van der Waals surface area contributed by atoms with Crippen molar-refractivity contribution in [1.29, 1.82) is 0 Å². The van der Waals surface area contributed by atoms with Crippen LogP contribution in [0.4, 0.5) is 5.82 Å². The Morgan fingerprint density at radius 2 is 1.77 bits per heavy atom. The maximum absolute atomic E-state index is 13.5. The van der Waals surface area contributed by atoms with E-state index in [1.54, 1.807) is 6.08 Å². The van der Waals surface area contributed by atoms with Gasteiger partial charge in [-0.2, -0.15) is 0 Å². The number of anilines is 1. The predicted molar refractivity (Wildman–Crippen MR) is 130 cm³/mol. The summed E-state index contributed by atoms with van der Waals surface area (Å²) >= 11 is 3.58. The molecule has 2 aromatic carbocycles. The number of pyridine rings is 1. The van der Waals surface area contributed by atoms with Crippen LogP contribution >= 0.6 is 15.9 Å². The van der Waals surface area contributed by atoms with Gasteiger partial charge in [0.05, 0.1) is 11.1 Å². The van der Waals surface area contributed by atoms with E-state index in [9.17, 15) is 4.79 Å². The SMILES string of the molecule is C=CN=C(C=C)N1CCN(c2nc3ccc(Br)cc3c3c2C(=O)c2ccccc2-3)CC1. The van der Waals surface area contributed by atoms with Crippen LogP contribution in [0, 0.1) is 0 Å². The number of piperazine rings is 1. The fourth-order valence-corrected chi connectivity index (χ4v) is 4.85. The van der Waals surface area contributed by atoms with E-state index in [0.29, 0.717) is 5.56 Å². The van der Waals surface area contributed by atoms with Gasteiger partial charge in [0.2, 0.25) is 0 Å². The van der Waals surface area contributed by atoms with Crippen molar-refractivity contribution >= 4 is 44.3 Å². The molecule has 0 amide bonds. The van der Waals surface area contributed by atoms with Crippen LogP contribution in [-0.4, -0.2) is 47.7 Å². The first-order chi connectivity index (χ1) is 15.1. The van der Waals surface area contributed by atoms with Crippen LogP contribution in [-0.2, 0) is 0 Å². The molecule has 31 heavy (non-hydrogen) atoms. The smallest absolute Gasteiger partial charge is 0.198 e. The van der Waals surface area contributed by atoms with E-state index in [4.69, 9.17) is 4.98 Å². The molecular weight excluding hydrogens is 452 g/mol. The number of hydrogen-bond acceptors (Lipinski definition) is 4. The summed E-state index contributed by atoms with van der Waals surface area (Å²) in [6.45, 7) is 10.6. The number of carbonyl (C=O) groups excluding carboxylic acids is 1. The molecule has 0 bridgehead atoms. The third-order valence-electron chi connectivity index (χ3n) is 5.91. The van der Waals surface area contributed by atoms with Crippen molar-refractivity contribution in [2.24, 2.45) is 4.99 Å². The number of rotatable bonds is 3. The largest absolute Gasteiger partial charge is 0.353 e. The van der Waals surface area contributed by atoms with E-state index in [1.807, 2.05) is 36.4 Å². The molecule has 1 aromatic heterocycles. The van der Waals surface area contributed by atoms with Crippen molar-refractivity contribution in [3.8, 4) is 11.1 Å². The van der Waals surface area contributed by atoms with Gasteiger partial charge >= 0.3 is 0 Å². The first-order valence-electron chi connectivity index (χ1n) is 10.2. The molecule has 0 atom stereocenters. The summed E-state index contributed by atoms with van der Waals surface area (Å²) in [4.78, 5) is 27.1. The van der Waals surface area contributed by atoms with E-state index in [-0.39, 0.29) is 5.78 Å². The molecule has 0 N–H and O–H groups in total. The van der Waals surface area contributed by atoms with Gasteiger partial charge in [0.15, 0.2) is 5.78 Å². The molecule has 0 spiro atoms. The molecule has 0 saturated carbocycles. The number of halogens is 1. The fourth-order valence-electron chi connectivity index (χ4n) is 4.48. The number of aliphatic imine (C=N–C) groups is 1. The van der Waals surface area contributed by atoms with Crippen LogP contribution in [0.1, 0.15) is 15.9 Å². The Morgan fingerprint density at radius 3 is 2.48 bits per heavy atom. The quantitative estimate of drug-likeness (QED) is 0.308. The van der Waals surface area contributed by atoms with Gasteiger partial charge in [-0.05, 0) is 29.8 Å². The molecule has 3 aromatic rings. The highest BCUT2D eigenvalue weighted by Crippen LogP contribution is 2.45. The van der Waals surface area contributed by atoms with Crippen LogP contribution in [0.3, 0.4) is 0 Å². The summed E-state index contributed by atoms with van der Waals surface area (Å²) in [6.07, 6.45) is 3.29. The van der Waals surface area contributed by atoms with Crippen molar-refractivity contribution < 1.29 is 4.79 Å². The van der Waals surface area contributed by atoms with E-state index >= 15 is 0 Å². The average Bonchev–Trinajstić information content (AvgIpc) is 3.10. The first-order valence-corrected chi connectivity index (χ1v) is 11.0. The number of nitrogens with zero attached hydrogens (tertiary/aromatic N) is 4. The van der Waals surface area contributed by atoms with Crippen molar-refractivity contribution in [3.05, 3.63) is 83.5 Å². The summed E-state index contributed by atoms with van der Waals surface area (Å²) in [5.74, 6) is 1.64. The zero-order chi connectivity index (χ0) is 21.5. The lowest BCUT2D eigenvalue weighted by atomic mass is 10.0. The Bertz CT molecular complexity index is 1270. The third kappa shape index (κ3) is 3.18. The van der Waals surface area contributed by atoms with Crippen molar-refractivity contribution in [2.75, 3.05) is 31.1 Å². The highest BCUT2D eigenvalue weighted by atomic mass is 79.9. The fraction of sp³-hybridized carbons (Fsp3) is 0.160. The van der Waals surface area contributed by atoms with E-state index in [2.05, 4.69) is 49.9 Å². The molecule has 2 heterocycles. The molecule has 2 aliphatic rings. The molecular formula is C25H21BrN4O. The van der Waals surface area contributed by atoms with Crippen molar-refractivity contribution in [3.63, 3.8) is 0 Å². The van der Waals surface area contributed by atoms with E-state index in [1.165, 1.54) is 6.20 Å². The molecule has 5 nitrogen and oxygen atoms in total. The summed E-state index contributed by atoms with van der Waals surface area (Å²) in [6, 6.07) is 13.9. The minimum atomic E-state index is 0.0532. The minimum Gasteiger partial charge on any atom is -0.353 e. The normalized spacial score (nSPS) is 15.8. The Kier molecular flexibility index (Phi) is 4.94. The maximum atomic E-state index is 13.5. The van der Waals surface area contributed by atoms with Crippen LogP contribution in [0.5, 0.6) is 0 Å². The zero-order valence-electron chi connectivity index (χ0n) is 17.0. The Labute approximate surface area is 189 Å². The highest BCUT2D eigenvalue weighted by Gasteiger charge is 2.34. The van der Waals surface area contributed by atoms with E-state index in [0.717, 1.165) is 69.9 Å². The van der Waals surface area contributed by atoms with Crippen LogP contribution in [0.15, 0.2) is 77.4 Å². The summed E-state index contributed by atoms with van der Waals surface area (Å²) in [5.41, 5.74) is 4.33. The number of fused-ring (bicyclic) bond motifs is 5. The number of amidine groups is 1. The van der Waals surface area contributed by atoms with Crippen molar-refractivity contribution in [1.82, 2.24) is 9.88 Å². The number of ketones is 1. The second-order valence-electron chi connectivity index (χ2n) is 7.57. The topological polar surface area (TPSA) is 48.8 Å². The van der Waals surface area contributed by atoms with Gasteiger partial charge in [0.1, 0.15) is 11.7 Å². The molecule has 0 unspecified atom stereocenters. The van der Waals surface area contributed by atoms with Gasteiger partial charge in [-0.1, -0.05) is 53.4 Å². The van der Waals surface area contributed by atoms with Gasteiger partial charge in [0, 0.05) is 53.4 Å². The molecule has 1 aliphatic heterocycles. The Balaban J connectivity index is 1.61. The summed E-state index contributed by atoms with van der Waals surface area (Å²) < 4.78 is 0.973. The van der Waals surface area contributed by atoms with E-state index < -0.39 is 0 Å². The molecule has 5 rings (SSSR count). The van der Waals surface area contributed by atoms with Gasteiger partial charge in [0.25, 0.3) is 0 Å². The Morgan fingerprint density at radius 1 is 1.03 bits per heavy atom. The molecule has 0 radical (unpaired) electrons. The summed E-state index contributed by atoms with van der Waals surface area (Å²) in [7, 11) is 0. The van der Waals surface area contributed by atoms with Gasteiger partial charge in [-0.15, -0.1) is 0 Å². The number of carbonyl (C=O) groups is 1. The van der Waals surface area contributed by atoms with Crippen LogP contribution in [0.2, 0.25) is 0 Å². The zero-order valence-corrected chi connectivity index (χ0v) is 18.6. The van der Waals surface area contributed by atoms with Gasteiger partial charge in [-0.25, -0.2) is 9.98 Å². The lowest BCUT2D eigenvalue weighted by Crippen LogP contribution is -2.49. The standard InChI is InChI=1S/C25H21BrN4O/c1-3-21(27-4-2)29-11-13-30(14-12-29)25-23-22(17-7-5-6-8-18(17)24(23)31)19-15-16(26)9-10-20(19)28-25/h3-10,15H,1-2,11-14H2. The second kappa shape index (κ2) is 7.78. The minimum absolute atomic E-state index is 0.0532. The van der Waals surface area contributed by atoms with Crippen molar-refractivity contribution in [2.45, 2.75) is 0 Å². The lowest BCUT2D eigenvalue weighted by molar-refractivity contribution is 0.104. The molecule has 6 heteroatoms. The van der Waals surface area contributed by atoms with Gasteiger partial charge < -0.3 is 9.80 Å². The average molecular weight is 473 g/mol. The predicted octanol–water partition coefficient (Wildman–Crippen LogP) is 5.06. The highest BCUT2D eigenvalue weighted by molar-refractivity contribution is 9.10. The second-order valence-corrected chi connectivity index (χ2v) is 8.49. The third-order valence-corrected chi connectivity index (χ3v) is 6.40. The Hall–Kier alpha value is -3.25. The maximum Gasteiger partial charge on any atom is 0.198 e.